The van der Waals surface area contributed by atoms with Crippen LogP contribution in [-0.2, 0) is 4.43 Å². The van der Waals surface area contributed by atoms with Crippen LogP contribution in [0, 0.1) is 0 Å². The first-order valence-electron chi connectivity index (χ1n) is 2.99. The van der Waals surface area contributed by atoms with Crippen molar-refractivity contribution >= 4 is 14.9 Å². The Kier molecular flexibility index (Phi) is 3.12. The Balaban J connectivity index is 2.43. The summed E-state index contributed by atoms with van der Waals surface area (Å²) in [6.07, 6.45) is 0. The number of halogens is 1. The fourth-order valence-corrected chi connectivity index (χ4v) is 1.29. The molecule has 3 heteroatoms. The molecule has 1 rings (SSSR count). The van der Waals surface area contributed by atoms with E-state index in [0.717, 1.165) is 5.19 Å². The van der Waals surface area contributed by atoms with E-state index in [4.69, 9.17) is 0 Å². The van der Waals surface area contributed by atoms with Crippen molar-refractivity contribution < 1.29 is 8.82 Å². The van der Waals surface area contributed by atoms with Crippen LogP contribution in [0.2, 0.25) is 0 Å². The molecule has 0 aromatic heterocycles. The summed E-state index contributed by atoms with van der Waals surface area (Å²) in [5.41, 5.74) is 0. The van der Waals surface area contributed by atoms with E-state index in [1.165, 1.54) is 0 Å². The molecule has 0 unspecified atom stereocenters. The minimum atomic E-state index is -0.676. The lowest BCUT2D eigenvalue weighted by atomic mass is 10.4. The zero-order chi connectivity index (χ0) is 7.23. The van der Waals surface area contributed by atoms with Crippen LogP contribution in [0.3, 0.4) is 0 Å². The summed E-state index contributed by atoms with van der Waals surface area (Å²) in [6, 6.07) is 9.64. The zero-order valence-corrected chi connectivity index (χ0v) is 6.61. The van der Waals surface area contributed by atoms with Crippen LogP contribution in [-0.4, -0.2) is 16.6 Å². The standard InChI is InChI=1S/C7H8FOSi/c8-6-9-10-7-4-2-1-3-5-7/h1-5,10H,6H2. The molecule has 0 atom stereocenters. The molecule has 0 amide bonds. The van der Waals surface area contributed by atoms with E-state index in [2.05, 4.69) is 4.43 Å². The summed E-state index contributed by atoms with van der Waals surface area (Å²) in [4.78, 5) is 0. The highest BCUT2D eigenvalue weighted by atomic mass is 28.2. The molecule has 10 heavy (non-hydrogen) atoms. The van der Waals surface area contributed by atoms with Gasteiger partial charge in [0, 0.05) is 0 Å². The van der Waals surface area contributed by atoms with Crippen molar-refractivity contribution in [2.75, 3.05) is 6.86 Å². The lowest BCUT2D eigenvalue weighted by Gasteiger charge is -1.95. The maximum Gasteiger partial charge on any atom is 0.231 e. The lowest BCUT2D eigenvalue weighted by molar-refractivity contribution is 0.204. The minimum Gasteiger partial charge on any atom is -0.389 e. The Hall–Kier alpha value is -0.673. The van der Waals surface area contributed by atoms with Crippen LogP contribution in [0.1, 0.15) is 0 Å². The van der Waals surface area contributed by atoms with Crippen LogP contribution < -0.4 is 5.19 Å². The third kappa shape index (κ3) is 2.29. The molecular weight excluding hydrogens is 147 g/mol. The third-order valence-corrected chi connectivity index (χ3v) is 2.03. The largest absolute Gasteiger partial charge is 0.389 e. The van der Waals surface area contributed by atoms with Crippen molar-refractivity contribution in [1.29, 1.82) is 0 Å². The molecule has 0 aliphatic rings. The third-order valence-electron chi connectivity index (χ3n) is 1.08. The number of hydrogen-bond acceptors (Lipinski definition) is 1. The van der Waals surface area contributed by atoms with Gasteiger partial charge in [-0.25, -0.2) is 4.39 Å². The van der Waals surface area contributed by atoms with E-state index in [9.17, 15) is 4.39 Å². The van der Waals surface area contributed by atoms with E-state index >= 15 is 0 Å². The molecule has 53 valence electrons. The Labute approximate surface area is 61.8 Å². The fraction of sp³-hybridized carbons (Fsp3) is 0.143. The lowest BCUT2D eigenvalue weighted by Crippen LogP contribution is -2.16. The van der Waals surface area contributed by atoms with Crippen LogP contribution in [0.15, 0.2) is 30.3 Å². The molecule has 0 heterocycles. The molecule has 0 saturated heterocycles. The highest BCUT2D eigenvalue weighted by Gasteiger charge is 1.90. The van der Waals surface area contributed by atoms with Crippen molar-refractivity contribution in [3.05, 3.63) is 30.3 Å². The monoisotopic (exact) mass is 155 g/mol. The van der Waals surface area contributed by atoms with Crippen molar-refractivity contribution in [3.63, 3.8) is 0 Å². The maximum atomic E-state index is 11.5. The molecule has 0 spiro atoms. The van der Waals surface area contributed by atoms with E-state index in [-0.39, 0.29) is 9.76 Å². The Morgan fingerprint density at radius 3 is 2.60 bits per heavy atom. The SMILES string of the molecule is FCO[SiH]c1ccccc1. The van der Waals surface area contributed by atoms with Gasteiger partial charge in [0.05, 0.1) is 0 Å². The van der Waals surface area contributed by atoms with Gasteiger partial charge in [0.25, 0.3) is 0 Å². The first-order chi connectivity index (χ1) is 4.93. The van der Waals surface area contributed by atoms with Crippen molar-refractivity contribution in [2.24, 2.45) is 0 Å². The molecule has 0 aliphatic heterocycles. The van der Waals surface area contributed by atoms with Crippen molar-refractivity contribution in [3.8, 4) is 0 Å². The summed E-state index contributed by atoms with van der Waals surface area (Å²) in [5, 5.41) is 1.08. The predicted octanol–water partition coefficient (Wildman–Crippen LogP) is 0.607. The first-order valence-corrected chi connectivity index (χ1v) is 4.04. The van der Waals surface area contributed by atoms with Gasteiger partial charge in [-0.3, -0.25) is 0 Å². The van der Waals surface area contributed by atoms with Gasteiger partial charge in [0.15, 0.2) is 6.86 Å². The molecule has 1 radical (unpaired) electrons. The van der Waals surface area contributed by atoms with E-state index in [1.54, 1.807) is 0 Å². The normalized spacial score (nSPS) is 9.70. The van der Waals surface area contributed by atoms with Gasteiger partial charge in [-0.15, -0.1) is 0 Å². The summed E-state index contributed by atoms with van der Waals surface area (Å²) >= 11 is 0. The second-order valence-electron chi connectivity index (χ2n) is 1.80. The van der Waals surface area contributed by atoms with Gasteiger partial charge in [0.2, 0.25) is 9.76 Å². The maximum absolute atomic E-state index is 11.5. The minimum absolute atomic E-state index is 0.328. The van der Waals surface area contributed by atoms with Crippen LogP contribution in [0.4, 0.5) is 4.39 Å². The predicted molar refractivity (Wildman–Crippen MR) is 40.3 cm³/mol. The molecule has 0 bridgehead atoms. The molecule has 1 aromatic carbocycles. The summed E-state index contributed by atoms with van der Waals surface area (Å²) in [5.74, 6) is 0. The Bertz CT molecular complexity index is 178. The highest BCUT2D eigenvalue weighted by molar-refractivity contribution is 6.46. The van der Waals surface area contributed by atoms with Gasteiger partial charge >= 0.3 is 0 Å². The molecule has 0 saturated carbocycles. The molecule has 1 aromatic rings. The van der Waals surface area contributed by atoms with E-state index < -0.39 is 6.86 Å². The summed E-state index contributed by atoms with van der Waals surface area (Å²) in [7, 11) is -0.328. The topological polar surface area (TPSA) is 9.23 Å². The van der Waals surface area contributed by atoms with E-state index in [1.807, 2.05) is 30.3 Å². The number of alkyl halides is 1. The Morgan fingerprint density at radius 2 is 2.00 bits per heavy atom. The molecular formula is C7H8FOSi. The number of benzene rings is 1. The molecule has 1 nitrogen and oxygen atoms in total. The highest BCUT2D eigenvalue weighted by Crippen LogP contribution is 1.81. The average Bonchev–Trinajstić information content (AvgIpc) is 2.03. The quantitative estimate of drug-likeness (QED) is 0.581. The van der Waals surface area contributed by atoms with Gasteiger partial charge in [0.1, 0.15) is 0 Å². The average molecular weight is 155 g/mol. The van der Waals surface area contributed by atoms with Gasteiger partial charge in [-0.1, -0.05) is 30.3 Å². The zero-order valence-electron chi connectivity index (χ0n) is 5.46. The molecule has 0 aliphatic carbocycles. The van der Waals surface area contributed by atoms with Crippen LogP contribution in [0.25, 0.3) is 0 Å². The van der Waals surface area contributed by atoms with Gasteiger partial charge in [-0.05, 0) is 5.19 Å². The first kappa shape index (κ1) is 7.43. The van der Waals surface area contributed by atoms with Crippen LogP contribution >= 0.6 is 0 Å². The number of rotatable bonds is 3. The Morgan fingerprint density at radius 1 is 1.30 bits per heavy atom. The summed E-state index contributed by atoms with van der Waals surface area (Å²) < 4.78 is 16.1. The molecule has 0 fully saturated rings. The smallest absolute Gasteiger partial charge is 0.231 e. The van der Waals surface area contributed by atoms with E-state index in [0.29, 0.717) is 0 Å². The number of hydrogen-bond donors (Lipinski definition) is 0. The van der Waals surface area contributed by atoms with Crippen molar-refractivity contribution in [2.45, 2.75) is 0 Å². The van der Waals surface area contributed by atoms with Crippen molar-refractivity contribution in [1.82, 2.24) is 0 Å². The fourth-order valence-electron chi connectivity index (χ4n) is 0.659. The van der Waals surface area contributed by atoms with Crippen LogP contribution in [0.5, 0.6) is 0 Å². The van der Waals surface area contributed by atoms with Gasteiger partial charge < -0.3 is 4.43 Å². The second kappa shape index (κ2) is 4.19. The van der Waals surface area contributed by atoms with Gasteiger partial charge in [-0.2, -0.15) is 0 Å². The summed E-state index contributed by atoms with van der Waals surface area (Å²) in [6.45, 7) is -0.676. The second-order valence-corrected chi connectivity index (χ2v) is 3.04. The molecule has 0 N–H and O–H groups in total.